The maximum Gasteiger partial charge on any atom is 0.262 e. The van der Waals surface area contributed by atoms with E-state index in [0.29, 0.717) is 18.9 Å². The Bertz CT molecular complexity index is 1190. The maximum absolute atomic E-state index is 12.4. The fraction of sp³-hybridized carbons (Fsp3) is 0.231. The number of fused-ring (bicyclic) bond motifs is 1. The molecule has 0 saturated carbocycles. The Morgan fingerprint density at radius 2 is 2.06 bits per heavy atom. The molecule has 0 unspecified atom stereocenters. The highest BCUT2D eigenvalue weighted by Gasteiger charge is 2.17. The fourth-order valence-electron chi connectivity index (χ4n) is 3.72. The molecule has 1 N–H and O–H groups in total. The van der Waals surface area contributed by atoms with Crippen molar-refractivity contribution in [3.63, 3.8) is 0 Å². The third-order valence-electron chi connectivity index (χ3n) is 5.41. The van der Waals surface area contributed by atoms with Gasteiger partial charge in [0, 0.05) is 13.2 Å². The summed E-state index contributed by atoms with van der Waals surface area (Å²) < 4.78 is 12.3. The molecule has 5 nitrogen and oxygen atoms in total. The minimum Gasteiger partial charge on any atom is -0.488 e. The molecule has 162 valence electrons. The fourth-order valence-corrected chi connectivity index (χ4v) is 4.23. The summed E-state index contributed by atoms with van der Waals surface area (Å²) in [6.07, 6.45) is 3.54. The lowest BCUT2D eigenvalue weighted by Crippen LogP contribution is -2.32. The van der Waals surface area contributed by atoms with Crippen LogP contribution in [-0.4, -0.2) is 25.2 Å². The summed E-state index contributed by atoms with van der Waals surface area (Å²) >= 11 is 3.54. The molecule has 0 radical (unpaired) electrons. The highest BCUT2D eigenvalue weighted by molar-refractivity contribution is 9.10. The predicted octanol–water partition coefficient (Wildman–Crippen LogP) is 5.38. The Hall–Kier alpha value is -3.14. The van der Waals surface area contributed by atoms with Gasteiger partial charge >= 0.3 is 0 Å². The van der Waals surface area contributed by atoms with E-state index in [1.165, 1.54) is 10.8 Å². The van der Waals surface area contributed by atoms with E-state index in [0.717, 1.165) is 35.0 Å². The number of hydrogen-bond acceptors (Lipinski definition) is 4. The summed E-state index contributed by atoms with van der Waals surface area (Å²) in [6, 6.07) is 21.9. The molecule has 0 aliphatic carbocycles. The third kappa shape index (κ3) is 5.37. The standard InChI is InChI=1S/C26H23BrN2O3/c27-24-14-18(13-21(15-28)26(30)29-16-22-8-4-12-31-22)10-11-25(24)32-17-20-7-3-6-19-5-1-2-9-23(19)20/h1-3,5-7,9-11,13-14,22H,4,8,12,16-17H2,(H,29,30)/b21-13+/t22-/m0/s1. The Labute approximate surface area is 195 Å². The van der Waals surface area contributed by atoms with Gasteiger partial charge in [-0.3, -0.25) is 4.79 Å². The molecule has 1 heterocycles. The van der Waals surface area contributed by atoms with Crippen LogP contribution in [0.1, 0.15) is 24.0 Å². The number of nitrogens with zero attached hydrogens (tertiary/aromatic N) is 1. The molecule has 1 aliphatic heterocycles. The van der Waals surface area contributed by atoms with Crippen molar-refractivity contribution in [3.8, 4) is 11.8 Å². The van der Waals surface area contributed by atoms with Crippen LogP contribution in [0.4, 0.5) is 0 Å². The zero-order valence-electron chi connectivity index (χ0n) is 17.5. The van der Waals surface area contributed by atoms with Crippen molar-refractivity contribution in [1.29, 1.82) is 5.26 Å². The van der Waals surface area contributed by atoms with Gasteiger partial charge in [-0.1, -0.05) is 48.5 Å². The van der Waals surface area contributed by atoms with Gasteiger partial charge in [0.25, 0.3) is 5.91 Å². The first-order valence-corrected chi connectivity index (χ1v) is 11.3. The van der Waals surface area contributed by atoms with Crippen LogP contribution in [0.3, 0.4) is 0 Å². The smallest absolute Gasteiger partial charge is 0.262 e. The molecule has 1 aliphatic rings. The first-order chi connectivity index (χ1) is 15.6. The number of carbonyl (C=O) groups is 1. The molecule has 1 saturated heterocycles. The monoisotopic (exact) mass is 490 g/mol. The van der Waals surface area contributed by atoms with Crippen molar-refractivity contribution in [1.82, 2.24) is 5.32 Å². The van der Waals surface area contributed by atoms with Crippen LogP contribution in [0.5, 0.6) is 5.75 Å². The van der Waals surface area contributed by atoms with Gasteiger partial charge in [-0.25, -0.2) is 0 Å². The van der Waals surface area contributed by atoms with Crippen molar-refractivity contribution in [2.24, 2.45) is 0 Å². The van der Waals surface area contributed by atoms with Crippen molar-refractivity contribution < 1.29 is 14.3 Å². The van der Waals surface area contributed by atoms with Crippen LogP contribution in [0, 0.1) is 11.3 Å². The Kier molecular flexibility index (Phi) is 7.21. The molecule has 32 heavy (non-hydrogen) atoms. The van der Waals surface area contributed by atoms with E-state index in [1.807, 2.05) is 42.5 Å². The topological polar surface area (TPSA) is 71.3 Å². The largest absolute Gasteiger partial charge is 0.488 e. The maximum atomic E-state index is 12.4. The lowest BCUT2D eigenvalue weighted by atomic mass is 10.1. The second kappa shape index (κ2) is 10.4. The molecule has 0 spiro atoms. The van der Waals surface area contributed by atoms with Crippen LogP contribution in [0.15, 0.2) is 70.7 Å². The first kappa shape index (κ1) is 22.1. The van der Waals surface area contributed by atoms with Crippen LogP contribution >= 0.6 is 15.9 Å². The van der Waals surface area contributed by atoms with Gasteiger partial charge in [0.15, 0.2) is 0 Å². The van der Waals surface area contributed by atoms with Gasteiger partial charge in [0.05, 0.1) is 10.6 Å². The summed E-state index contributed by atoms with van der Waals surface area (Å²) in [7, 11) is 0. The van der Waals surface area contributed by atoms with Crippen LogP contribution in [-0.2, 0) is 16.1 Å². The van der Waals surface area contributed by atoms with Crippen LogP contribution < -0.4 is 10.1 Å². The van der Waals surface area contributed by atoms with E-state index in [1.54, 1.807) is 6.08 Å². The van der Waals surface area contributed by atoms with E-state index in [4.69, 9.17) is 9.47 Å². The molecular weight excluding hydrogens is 468 g/mol. The molecule has 3 aromatic carbocycles. The zero-order valence-corrected chi connectivity index (χ0v) is 19.1. The highest BCUT2D eigenvalue weighted by atomic mass is 79.9. The normalized spacial score (nSPS) is 16.0. The number of nitriles is 1. The van der Waals surface area contributed by atoms with E-state index < -0.39 is 5.91 Å². The minimum absolute atomic E-state index is 0.0335. The number of nitrogens with one attached hydrogen (secondary N) is 1. The number of carbonyl (C=O) groups excluding carboxylic acids is 1. The SMILES string of the molecule is N#C/C(=C\c1ccc(OCc2cccc3ccccc23)c(Br)c1)C(=O)NC[C@@H]1CCCO1. The Balaban J connectivity index is 1.42. The van der Waals surface area contributed by atoms with Gasteiger partial charge in [-0.2, -0.15) is 5.26 Å². The van der Waals surface area contributed by atoms with Crippen molar-refractivity contribution in [2.45, 2.75) is 25.6 Å². The summed E-state index contributed by atoms with van der Waals surface area (Å²) in [5, 5.41) is 14.5. The summed E-state index contributed by atoms with van der Waals surface area (Å²) in [4.78, 5) is 12.4. The van der Waals surface area contributed by atoms with Crippen molar-refractivity contribution in [3.05, 3.63) is 81.8 Å². The lowest BCUT2D eigenvalue weighted by Gasteiger charge is -2.11. The summed E-state index contributed by atoms with van der Waals surface area (Å²) in [5.74, 6) is 0.298. The van der Waals surface area contributed by atoms with Gasteiger partial charge in [-0.15, -0.1) is 0 Å². The highest BCUT2D eigenvalue weighted by Crippen LogP contribution is 2.29. The predicted molar refractivity (Wildman–Crippen MR) is 128 cm³/mol. The van der Waals surface area contributed by atoms with Crippen LogP contribution in [0.2, 0.25) is 0 Å². The molecule has 1 fully saturated rings. The first-order valence-electron chi connectivity index (χ1n) is 10.5. The van der Waals surface area contributed by atoms with Gasteiger partial charge in [0.1, 0.15) is 24.0 Å². The molecule has 1 amide bonds. The number of benzene rings is 3. The molecular formula is C26H23BrN2O3. The van der Waals surface area contributed by atoms with Crippen LogP contribution in [0.25, 0.3) is 16.8 Å². The van der Waals surface area contributed by atoms with Gasteiger partial charge in [0.2, 0.25) is 0 Å². The zero-order chi connectivity index (χ0) is 22.3. The third-order valence-corrected chi connectivity index (χ3v) is 6.03. The summed E-state index contributed by atoms with van der Waals surface area (Å²) in [5.41, 5.74) is 1.89. The summed E-state index contributed by atoms with van der Waals surface area (Å²) in [6.45, 7) is 1.58. The number of amides is 1. The second-order valence-corrected chi connectivity index (χ2v) is 8.49. The van der Waals surface area contributed by atoms with Gasteiger partial charge in [-0.05, 0) is 68.9 Å². The molecule has 3 aromatic rings. The van der Waals surface area contributed by atoms with Crippen molar-refractivity contribution >= 4 is 38.7 Å². The van der Waals surface area contributed by atoms with Gasteiger partial charge < -0.3 is 14.8 Å². The van der Waals surface area contributed by atoms with E-state index in [9.17, 15) is 10.1 Å². The molecule has 6 heteroatoms. The minimum atomic E-state index is -0.393. The number of halogens is 1. The quantitative estimate of drug-likeness (QED) is 0.356. The second-order valence-electron chi connectivity index (χ2n) is 7.63. The lowest BCUT2D eigenvalue weighted by molar-refractivity contribution is -0.117. The number of ether oxygens (including phenoxy) is 2. The molecule has 0 aromatic heterocycles. The van der Waals surface area contributed by atoms with Crippen molar-refractivity contribution in [2.75, 3.05) is 13.2 Å². The molecule has 1 atom stereocenters. The van der Waals surface area contributed by atoms with E-state index >= 15 is 0 Å². The number of rotatable bonds is 7. The van der Waals surface area contributed by atoms with E-state index in [-0.39, 0.29) is 11.7 Å². The Morgan fingerprint density at radius 3 is 2.84 bits per heavy atom. The Morgan fingerprint density at radius 1 is 1.22 bits per heavy atom. The van der Waals surface area contributed by atoms with E-state index in [2.05, 4.69) is 45.5 Å². The average molecular weight is 491 g/mol. The molecule has 4 rings (SSSR count). The average Bonchev–Trinajstić information content (AvgIpc) is 3.34. The molecule has 0 bridgehead atoms. The number of hydrogen-bond donors (Lipinski definition) is 1.